The number of para-hydroxylation sites is 4. The number of nitrogens with two attached hydrogens (primary N) is 1. The quantitative estimate of drug-likeness (QED) is 0.212. The summed E-state index contributed by atoms with van der Waals surface area (Å²) in [6.45, 7) is 2.08. The third-order valence-corrected chi connectivity index (χ3v) is 6.13. The lowest BCUT2D eigenvalue weighted by molar-refractivity contribution is -0.111. The first-order valence-corrected chi connectivity index (χ1v) is 11.7. The van der Waals surface area contributed by atoms with Gasteiger partial charge in [-0.1, -0.05) is 54.6 Å². The maximum atomic E-state index is 13.5. The van der Waals surface area contributed by atoms with E-state index >= 15 is 0 Å². The number of nitrogens with zero attached hydrogens (tertiary/aromatic N) is 2. The Morgan fingerprint density at radius 3 is 2.53 bits per heavy atom. The van der Waals surface area contributed by atoms with Crippen LogP contribution in [-0.2, 0) is 4.79 Å². The first kappa shape index (κ1) is 23.1. The molecule has 5 nitrogen and oxygen atoms in total. The van der Waals surface area contributed by atoms with Crippen LogP contribution in [0.2, 0.25) is 0 Å². The van der Waals surface area contributed by atoms with Crippen LogP contribution in [0.3, 0.4) is 0 Å². The Morgan fingerprint density at radius 2 is 1.72 bits per heavy atom. The van der Waals surface area contributed by atoms with Gasteiger partial charge in [-0.2, -0.15) is 0 Å². The van der Waals surface area contributed by atoms with E-state index in [1.54, 1.807) is 30.3 Å². The zero-order valence-corrected chi connectivity index (χ0v) is 19.7. The van der Waals surface area contributed by atoms with Crippen molar-refractivity contribution in [3.05, 3.63) is 120 Å². The zero-order valence-electron chi connectivity index (χ0n) is 19.7. The predicted molar refractivity (Wildman–Crippen MR) is 144 cm³/mol. The van der Waals surface area contributed by atoms with Crippen LogP contribution in [0.15, 0.2) is 103 Å². The van der Waals surface area contributed by atoms with Gasteiger partial charge in [0.2, 0.25) is 5.91 Å². The van der Waals surface area contributed by atoms with Crippen LogP contribution in [0.5, 0.6) is 0 Å². The molecule has 0 radical (unpaired) electrons. The van der Waals surface area contributed by atoms with E-state index in [4.69, 9.17) is 10.7 Å². The number of hydrogen-bond acceptors (Lipinski definition) is 3. The predicted octanol–water partition coefficient (Wildman–Crippen LogP) is 6.69. The van der Waals surface area contributed by atoms with E-state index in [1.165, 1.54) is 18.2 Å². The molecule has 1 heterocycles. The highest BCUT2D eigenvalue weighted by atomic mass is 19.1. The summed E-state index contributed by atoms with van der Waals surface area (Å²) in [4.78, 5) is 17.4. The second-order valence-corrected chi connectivity index (χ2v) is 8.56. The molecule has 0 saturated carbocycles. The number of halogens is 1. The molecule has 6 heteroatoms. The highest BCUT2D eigenvalue weighted by Crippen LogP contribution is 2.32. The molecule has 0 fully saturated rings. The molecule has 0 aliphatic rings. The van der Waals surface area contributed by atoms with Crippen molar-refractivity contribution < 1.29 is 9.18 Å². The number of imidazole rings is 1. The van der Waals surface area contributed by atoms with Crippen molar-refractivity contribution in [3.8, 4) is 11.4 Å². The molecule has 36 heavy (non-hydrogen) atoms. The van der Waals surface area contributed by atoms with Gasteiger partial charge in [0.1, 0.15) is 11.6 Å². The molecule has 0 aliphatic carbocycles. The van der Waals surface area contributed by atoms with Crippen molar-refractivity contribution in [2.75, 3.05) is 11.1 Å². The normalized spacial score (nSPS) is 12.2. The number of hydrogen-bond donors (Lipinski definition) is 2. The van der Waals surface area contributed by atoms with E-state index in [1.807, 2.05) is 60.7 Å². The molecule has 0 aliphatic heterocycles. The van der Waals surface area contributed by atoms with Crippen molar-refractivity contribution in [1.82, 2.24) is 9.55 Å². The van der Waals surface area contributed by atoms with Gasteiger partial charge in [-0.05, 0) is 66.6 Å². The standard InChI is InChI=1S/C30H25FN4O/c1-20(22-14-16-24(31)17-15-22)35-28-12-5-4-11-27(28)34-30(35)23-8-6-7-21(19-23)13-18-29(36)33-26-10-3-2-9-25(26)32/h2-20H,32H2,1H3,(H,33,36)/b18-13+. The van der Waals surface area contributed by atoms with E-state index in [2.05, 4.69) is 16.8 Å². The minimum Gasteiger partial charge on any atom is -0.397 e. The monoisotopic (exact) mass is 476 g/mol. The molecule has 1 aromatic heterocycles. The van der Waals surface area contributed by atoms with Crippen molar-refractivity contribution in [2.24, 2.45) is 0 Å². The summed E-state index contributed by atoms with van der Waals surface area (Å²) in [6, 6.07) is 29.4. The molecule has 0 saturated heterocycles. The smallest absolute Gasteiger partial charge is 0.248 e. The van der Waals surface area contributed by atoms with Crippen LogP contribution >= 0.6 is 0 Å². The van der Waals surface area contributed by atoms with Crippen molar-refractivity contribution in [3.63, 3.8) is 0 Å². The molecular weight excluding hydrogens is 451 g/mol. The molecule has 4 aromatic carbocycles. The number of nitrogens with one attached hydrogen (secondary N) is 1. The van der Waals surface area contributed by atoms with Crippen LogP contribution in [-0.4, -0.2) is 15.5 Å². The number of benzene rings is 4. The summed E-state index contributed by atoms with van der Waals surface area (Å²) in [6.07, 6.45) is 3.24. The molecule has 0 bridgehead atoms. The van der Waals surface area contributed by atoms with E-state index in [0.717, 1.165) is 33.5 Å². The number of carbonyl (C=O) groups is 1. The topological polar surface area (TPSA) is 72.9 Å². The summed E-state index contributed by atoms with van der Waals surface area (Å²) in [5.74, 6) is 0.264. The van der Waals surface area contributed by atoms with Crippen LogP contribution in [0, 0.1) is 5.82 Å². The number of carbonyl (C=O) groups excluding carboxylic acids is 1. The number of fused-ring (bicyclic) bond motifs is 1. The van der Waals surface area contributed by atoms with Gasteiger partial charge < -0.3 is 15.6 Å². The highest BCUT2D eigenvalue weighted by Gasteiger charge is 2.18. The number of aromatic nitrogens is 2. The molecule has 3 N–H and O–H groups in total. The third-order valence-electron chi connectivity index (χ3n) is 6.13. The van der Waals surface area contributed by atoms with E-state index in [-0.39, 0.29) is 17.8 Å². The molecular formula is C30H25FN4O. The van der Waals surface area contributed by atoms with Gasteiger partial charge >= 0.3 is 0 Å². The van der Waals surface area contributed by atoms with Gasteiger partial charge in [0.25, 0.3) is 0 Å². The third kappa shape index (κ3) is 4.74. The summed E-state index contributed by atoms with van der Waals surface area (Å²) in [5, 5.41) is 2.80. The lowest BCUT2D eigenvalue weighted by Crippen LogP contribution is -2.09. The van der Waals surface area contributed by atoms with Gasteiger partial charge in [0.15, 0.2) is 0 Å². The average molecular weight is 477 g/mol. The lowest BCUT2D eigenvalue weighted by Gasteiger charge is -2.18. The first-order valence-electron chi connectivity index (χ1n) is 11.7. The largest absolute Gasteiger partial charge is 0.397 e. The van der Waals surface area contributed by atoms with Crippen molar-refractivity contribution >= 4 is 34.4 Å². The Hall–Kier alpha value is -4.71. The van der Waals surface area contributed by atoms with E-state index in [9.17, 15) is 9.18 Å². The maximum Gasteiger partial charge on any atom is 0.248 e. The van der Waals surface area contributed by atoms with Crippen LogP contribution in [0.25, 0.3) is 28.5 Å². The Bertz CT molecular complexity index is 1570. The Balaban J connectivity index is 1.48. The fourth-order valence-electron chi connectivity index (χ4n) is 4.27. The van der Waals surface area contributed by atoms with Crippen molar-refractivity contribution in [1.29, 1.82) is 0 Å². The summed E-state index contributed by atoms with van der Waals surface area (Å²) >= 11 is 0. The fraction of sp³-hybridized carbons (Fsp3) is 0.0667. The number of rotatable bonds is 6. The highest BCUT2D eigenvalue weighted by molar-refractivity contribution is 6.03. The molecule has 5 aromatic rings. The number of amides is 1. The Labute approximate surface area is 208 Å². The van der Waals surface area contributed by atoms with E-state index in [0.29, 0.717) is 11.4 Å². The molecule has 1 unspecified atom stereocenters. The van der Waals surface area contributed by atoms with E-state index < -0.39 is 0 Å². The summed E-state index contributed by atoms with van der Waals surface area (Å²) < 4.78 is 15.7. The van der Waals surface area contributed by atoms with Crippen molar-refractivity contribution in [2.45, 2.75) is 13.0 Å². The molecule has 1 amide bonds. The summed E-state index contributed by atoms with van der Waals surface area (Å²) in [7, 11) is 0. The lowest BCUT2D eigenvalue weighted by atomic mass is 10.1. The van der Waals surface area contributed by atoms with Gasteiger partial charge in [0, 0.05) is 11.6 Å². The average Bonchev–Trinajstić information content (AvgIpc) is 3.29. The SMILES string of the molecule is CC(c1ccc(F)cc1)n1c(-c2cccc(/C=C/C(=O)Nc3ccccc3N)c2)nc2ccccc21. The summed E-state index contributed by atoms with van der Waals surface area (Å²) in [5.41, 5.74) is 11.6. The van der Waals surface area contributed by atoms with Gasteiger partial charge in [-0.15, -0.1) is 0 Å². The molecule has 1 atom stereocenters. The van der Waals surface area contributed by atoms with Crippen LogP contribution in [0.1, 0.15) is 24.1 Å². The first-order chi connectivity index (χ1) is 17.5. The molecule has 178 valence electrons. The fourth-order valence-corrected chi connectivity index (χ4v) is 4.27. The molecule has 5 rings (SSSR count). The second kappa shape index (κ2) is 9.88. The molecule has 0 spiro atoms. The number of anilines is 2. The Morgan fingerprint density at radius 1 is 0.972 bits per heavy atom. The minimum absolute atomic E-state index is 0.0747. The zero-order chi connectivity index (χ0) is 25.1. The van der Waals surface area contributed by atoms with Gasteiger partial charge in [-0.3, -0.25) is 4.79 Å². The second-order valence-electron chi connectivity index (χ2n) is 8.56. The number of nitrogen functional groups attached to an aromatic ring is 1. The van der Waals surface area contributed by atoms with Crippen LogP contribution < -0.4 is 11.1 Å². The maximum absolute atomic E-state index is 13.5. The minimum atomic E-state index is -0.268. The van der Waals surface area contributed by atoms with Gasteiger partial charge in [0.05, 0.1) is 28.5 Å². The van der Waals surface area contributed by atoms with Crippen LogP contribution in [0.4, 0.5) is 15.8 Å². The van der Waals surface area contributed by atoms with Gasteiger partial charge in [-0.25, -0.2) is 9.37 Å². The Kier molecular flexibility index (Phi) is 6.33.